The normalized spacial score (nSPS) is 11.0. The molecule has 0 heterocycles. The van der Waals surface area contributed by atoms with E-state index in [1.54, 1.807) is 18.2 Å². The molecule has 0 unspecified atom stereocenters. The second-order valence-corrected chi connectivity index (χ2v) is 4.82. The lowest BCUT2D eigenvalue weighted by Gasteiger charge is -2.14. The monoisotopic (exact) mass is 340 g/mol. The van der Waals surface area contributed by atoms with E-state index in [2.05, 4.69) is 10.6 Å². The van der Waals surface area contributed by atoms with Gasteiger partial charge in [-0.25, -0.2) is 4.79 Å². The Labute approximate surface area is 136 Å². The van der Waals surface area contributed by atoms with E-state index in [1.165, 1.54) is 19.2 Å². The van der Waals surface area contributed by atoms with Crippen molar-refractivity contribution < 1.29 is 27.8 Å². The number of benzene rings is 2. The average molecular weight is 340 g/mol. The van der Waals surface area contributed by atoms with Gasteiger partial charge in [-0.1, -0.05) is 24.3 Å². The maximum Gasteiger partial charge on any atom is 0.418 e. The first-order valence-electron chi connectivity index (χ1n) is 6.89. The number of phenolic OH excluding ortho intramolecular Hbond substituents is 1. The second-order valence-electron chi connectivity index (χ2n) is 4.82. The summed E-state index contributed by atoms with van der Waals surface area (Å²) in [7, 11) is 1.38. The van der Waals surface area contributed by atoms with Gasteiger partial charge in [-0.05, 0) is 18.2 Å². The van der Waals surface area contributed by atoms with Crippen molar-refractivity contribution in [2.24, 2.45) is 0 Å². The molecule has 24 heavy (non-hydrogen) atoms. The van der Waals surface area contributed by atoms with Crippen LogP contribution in [0, 0.1) is 0 Å². The molecule has 0 aliphatic heterocycles. The van der Waals surface area contributed by atoms with Gasteiger partial charge in [-0.2, -0.15) is 13.2 Å². The summed E-state index contributed by atoms with van der Waals surface area (Å²) in [6.07, 6.45) is -4.57. The van der Waals surface area contributed by atoms with Crippen LogP contribution in [0.1, 0.15) is 11.1 Å². The highest BCUT2D eigenvalue weighted by Crippen LogP contribution is 2.34. The second kappa shape index (κ2) is 7.12. The Bertz CT molecular complexity index is 733. The summed E-state index contributed by atoms with van der Waals surface area (Å²) in [5.74, 6) is 0.0908. The molecule has 0 atom stereocenters. The van der Waals surface area contributed by atoms with Gasteiger partial charge in [-0.3, -0.25) is 0 Å². The molecule has 8 heteroatoms. The molecule has 2 amide bonds. The third kappa shape index (κ3) is 4.09. The smallest absolute Gasteiger partial charge is 0.418 e. The molecule has 128 valence electrons. The number of alkyl halides is 3. The highest BCUT2D eigenvalue weighted by atomic mass is 19.4. The number of halogens is 3. The molecule has 2 rings (SSSR count). The van der Waals surface area contributed by atoms with Crippen LogP contribution in [0.25, 0.3) is 0 Å². The van der Waals surface area contributed by atoms with Gasteiger partial charge in [0.1, 0.15) is 0 Å². The Morgan fingerprint density at radius 1 is 1.17 bits per heavy atom. The zero-order valence-electron chi connectivity index (χ0n) is 12.6. The Balaban J connectivity index is 2.05. The van der Waals surface area contributed by atoms with E-state index in [9.17, 15) is 23.1 Å². The summed E-state index contributed by atoms with van der Waals surface area (Å²) in [5, 5.41) is 14.4. The molecule has 5 nitrogen and oxygen atoms in total. The van der Waals surface area contributed by atoms with Crippen LogP contribution in [-0.2, 0) is 12.7 Å². The van der Waals surface area contributed by atoms with E-state index in [0.717, 1.165) is 12.1 Å². The number of methoxy groups -OCH3 is 1. The minimum Gasteiger partial charge on any atom is -0.504 e. The lowest BCUT2D eigenvalue weighted by Crippen LogP contribution is -2.29. The Morgan fingerprint density at radius 3 is 2.54 bits per heavy atom. The topological polar surface area (TPSA) is 70.6 Å². The zero-order chi connectivity index (χ0) is 17.7. The van der Waals surface area contributed by atoms with Gasteiger partial charge in [0, 0.05) is 12.1 Å². The van der Waals surface area contributed by atoms with Crippen molar-refractivity contribution in [2.45, 2.75) is 12.7 Å². The van der Waals surface area contributed by atoms with Gasteiger partial charge in [0.15, 0.2) is 11.5 Å². The van der Waals surface area contributed by atoms with E-state index in [-0.39, 0.29) is 23.7 Å². The van der Waals surface area contributed by atoms with Crippen molar-refractivity contribution in [3.05, 3.63) is 53.6 Å². The molecule has 0 bridgehead atoms. The number of carbonyl (C=O) groups is 1. The lowest BCUT2D eigenvalue weighted by atomic mass is 10.1. The van der Waals surface area contributed by atoms with E-state index < -0.39 is 17.8 Å². The first-order chi connectivity index (χ1) is 11.3. The first kappa shape index (κ1) is 17.5. The third-order valence-electron chi connectivity index (χ3n) is 3.22. The zero-order valence-corrected chi connectivity index (χ0v) is 12.6. The summed E-state index contributed by atoms with van der Waals surface area (Å²) in [5.41, 5.74) is -0.921. The van der Waals surface area contributed by atoms with Crippen molar-refractivity contribution in [3.63, 3.8) is 0 Å². The average Bonchev–Trinajstić information content (AvgIpc) is 2.53. The van der Waals surface area contributed by atoms with Gasteiger partial charge in [0.25, 0.3) is 0 Å². The van der Waals surface area contributed by atoms with Gasteiger partial charge < -0.3 is 20.5 Å². The molecule has 0 aliphatic rings. The van der Waals surface area contributed by atoms with Gasteiger partial charge in [0.05, 0.1) is 18.4 Å². The molecule has 2 aromatic rings. The van der Waals surface area contributed by atoms with Crippen LogP contribution >= 0.6 is 0 Å². The minimum atomic E-state index is -4.57. The van der Waals surface area contributed by atoms with Crippen LogP contribution in [0.3, 0.4) is 0 Å². The van der Waals surface area contributed by atoms with E-state index in [0.29, 0.717) is 5.56 Å². The minimum absolute atomic E-state index is 0.0803. The maximum atomic E-state index is 12.9. The van der Waals surface area contributed by atoms with Crippen molar-refractivity contribution in [1.82, 2.24) is 5.32 Å². The number of urea groups is 1. The molecule has 0 radical (unpaired) electrons. The maximum absolute atomic E-state index is 12.9. The summed E-state index contributed by atoms with van der Waals surface area (Å²) in [4.78, 5) is 11.8. The van der Waals surface area contributed by atoms with E-state index in [4.69, 9.17) is 4.74 Å². The predicted octanol–water partition coefficient (Wildman–Crippen LogP) is 3.74. The number of amides is 2. The molecule has 0 spiro atoms. The van der Waals surface area contributed by atoms with Crippen molar-refractivity contribution >= 4 is 11.7 Å². The third-order valence-corrected chi connectivity index (χ3v) is 3.22. The van der Waals surface area contributed by atoms with Crippen LogP contribution in [0.4, 0.5) is 23.7 Å². The quantitative estimate of drug-likeness (QED) is 0.794. The van der Waals surface area contributed by atoms with Crippen LogP contribution in [0.2, 0.25) is 0 Å². The van der Waals surface area contributed by atoms with Gasteiger partial charge in [0.2, 0.25) is 0 Å². The number of carbonyl (C=O) groups excluding carboxylic acids is 1. The molecule has 3 N–H and O–H groups in total. The summed E-state index contributed by atoms with van der Waals surface area (Å²) in [6, 6.07) is 8.55. The number of aromatic hydroxyl groups is 1. The Hall–Kier alpha value is -2.90. The number of hydrogen-bond donors (Lipinski definition) is 3. The van der Waals surface area contributed by atoms with Crippen molar-refractivity contribution in [3.8, 4) is 11.5 Å². The highest BCUT2D eigenvalue weighted by molar-refractivity contribution is 5.90. The van der Waals surface area contributed by atoms with Crippen LogP contribution in [-0.4, -0.2) is 18.2 Å². The Kier molecular flexibility index (Phi) is 5.18. The predicted molar refractivity (Wildman–Crippen MR) is 82.0 cm³/mol. The SMILES string of the molecule is COc1cccc(CNC(=O)Nc2ccccc2C(F)(F)F)c1O. The number of para-hydroxylation sites is 2. The molecular formula is C16H15F3N2O3. The van der Waals surface area contributed by atoms with Crippen LogP contribution < -0.4 is 15.4 Å². The first-order valence-corrected chi connectivity index (χ1v) is 6.89. The fourth-order valence-electron chi connectivity index (χ4n) is 2.06. The summed E-state index contributed by atoms with van der Waals surface area (Å²) < 4.78 is 43.5. The van der Waals surface area contributed by atoms with Crippen molar-refractivity contribution in [1.29, 1.82) is 0 Å². The fraction of sp³-hybridized carbons (Fsp3) is 0.188. The number of phenols is 1. The van der Waals surface area contributed by atoms with E-state index in [1.807, 2.05) is 0 Å². The summed E-state index contributed by atoms with van der Waals surface area (Å²) in [6.45, 7) is -0.0803. The van der Waals surface area contributed by atoms with Crippen LogP contribution in [0.15, 0.2) is 42.5 Å². The summed E-state index contributed by atoms with van der Waals surface area (Å²) >= 11 is 0. The molecule has 0 aliphatic carbocycles. The van der Waals surface area contributed by atoms with Gasteiger partial charge in [-0.15, -0.1) is 0 Å². The standard InChI is InChI=1S/C16H15F3N2O3/c1-24-13-8-4-5-10(14(13)22)9-20-15(23)21-12-7-3-2-6-11(12)16(17,18)19/h2-8,22H,9H2,1H3,(H2,20,21,23). The largest absolute Gasteiger partial charge is 0.504 e. The number of rotatable bonds is 4. The molecule has 0 saturated heterocycles. The molecular weight excluding hydrogens is 325 g/mol. The molecule has 0 fully saturated rings. The lowest BCUT2D eigenvalue weighted by molar-refractivity contribution is -0.136. The number of anilines is 1. The Morgan fingerprint density at radius 2 is 1.88 bits per heavy atom. The van der Waals surface area contributed by atoms with E-state index >= 15 is 0 Å². The van der Waals surface area contributed by atoms with Crippen LogP contribution in [0.5, 0.6) is 11.5 Å². The molecule has 2 aromatic carbocycles. The number of ether oxygens (including phenoxy) is 1. The molecule has 0 aromatic heterocycles. The van der Waals surface area contributed by atoms with Gasteiger partial charge >= 0.3 is 12.2 Å². The molecule has 0 saturated carbocycles. The number of hydrogen-bond acceptors (Lipinski definition) is 3. The number of nitrogens with one attached hydrogen (secondary N) is 2. The van der Waals surface area contributed by atoms with Crippen molar-refractivity contribution in [2.75, 3.05) is 12.4 Å². The highest BCUT2D eigenvalue weighted by Gasteiger charge is 2.33. The fourth-order valence-corrected chi connectivity index (χ4v) is 2.06.